The van der Waals surface area contributed by atoms with E-state index in [-0.39, 0.29) is 5.41 Å². The lowest BCUT2D eigenvalue weighted by Gasteiger charge is -2.19. The van der Waals surface area contributed by atoms with Crippen LogP contribution in [0, 0.1) is 6.92 Å². The Kier molecular flexibility index (Phi) is 5.81. The topological polar surface area (TPSA) is 18.5 Å². The zero-order valence-corrected chi connectivity index (χ0v) is 18.6. The van der Waals surface area contributed by atoms with Gasteiger partial charge in [0, 0.05) is 0 Å². The van der Waals surface area contributed by atoms with Gasteiger partial charge in [-0.1, -0.05) is 74.9 Å². The molecule has 0 spiro atoms. The molecule has 156 valence electrons. The van der Waals surface area contributed by atoms with E-state index in [1.54, 1.807) is 0 Å². The number of hydrogen-bond acceptors (Lipinski definition) is 2. The largest absolute Gasteiger partial charge is 0.457 e. The van der Waals surface area contributed by atoms with Gasteiger partial charge in [-0.2, -0.15) is 0 Å². The molecule has 4 aromatic rings. The summed E-state index contributed by atoms with van der Waals surface area (Å²) in [6.45, 7) is 8.70. The van der Waals surface area contributed by atoms with E-state index >= 15 is 0 Å². The van der Waals surface area contributed by atoms with E-state index in [9.17, 15) is 0 Å². The molecular formula is C29H28O2. The van der Waals surface area contributed by atoms with Crippen LogP contribution < -0.4 is 9.47 Å². The lowest BCUT2D eigenvalue weighted by molar-refractivity contribution is 0.481. The molecule has 0 aliphatic rings. The maximum atomic E-state index is 6.01. The van der Waals surface area contributed by atoms with Crippen LogP contribution in [0.2, 0.25) is 0 Å². The molecule has 0 radical (unpaired) electrons. The number of benzene rings is 4. The molecule has 0 saturated carbocycles. The van der Waals surface area contributed by atoms with E-state index < -0.39 is 0 Å². The summed E-state index contributed by atoms with van der Waals surface area (Å²) >= 11 is 0. The van der Waals surface area contributed by atoms with Crippen molar-refractivity contribution in [3.63, 3.8) is 0 Å². The molecule has 31 heavy (non-hydrogen) atoms. The van der Waals surface area contributed by atoms with Gasteiger partial charge in [0.1, 0.15) is 23.0 Å². The van der Waals surface area contributed by atoms with Crippen LogP contribution in [0.15, 0.2) is 97.1 Å². The van der Waals surface area contributed by atoms with Gasteiger partial charge >= 0.3 is 0 Å². The molecule has 2 nitrogen and oxygen atoms in total. The Hall–Kier alpha value is -3.52. The molecule has 0 heterocycles. The second-order valence-electron chi connectivity index (χ2n) is 8.84. The Morgan fingerprint density at radius 1 is 0.452 bits per heavy atom. The highest BCUT2D eigenvalue weighted by molar-refractivity contribution is 5.65. The first-order valence-corrected chi connectivity index (χ1v) is 10.6. The maximum Gasteiger partial charge on any atom is 0.127 e. The van der Waals surface area contributed by atoms with E-state index in [1.165, 1.54) is 11.1 Å². The Morgan fingerprint density at radius 3 is 1.13 bits per heavy atom. The fourth-order valence-corrected chi connectivity index (χ4v) is 3.33. The van der Waals surface area contributed by atoms with Crippen molar-refractivity contribution >= 4 is 0 Å². The molecule has 2 heteroatoms. The first-order valence-electron chi connectivity index (χ1n) is 10.6. The molecule has 0 aromatic heterocycles. The van der Waals surface area contributed by atoms with Crippen LogP contribution in [0.3, 0.4) is 0 Å². The summed E-state index contributed by atoms with van der Waals surface area (Å²) < 4.78 is 11.9. The van der Waals surface area contributed by atoms with Gasteiger partial charge < -0.3 is 9.47 Å². The van der Waals surface area contributed by atoms with Crippen LogP contribution in [-0.2, 0) is 5.41 Å². The Labute approximate surface area is 185 Å². The second-order valence-corrected chi connectivity index (χ2v) is 8.84. The van der Waals surface area contributed by atoms with Gasteiger partial charge in [0.2, 0.25) is 0 Å². The maximum absolute atomic E-state index is 6.01. The molecule has 0 aliphatic carbocycles. The summed E-state index contributed by atoms with van der Waals surface area (Å²) in [6, 6.07) is 32.7. The van der Waals surface area contributed by atoms with Gasteiger partial charge in [0.25, 0.3) is 0 Å². The van der Waals surface area contributed by atoms with Gasteiger partial charge in [0.05, 0.1) is 0 Å². The first-order chi connectivity index (χ1) is 14.9. The smallest absolute Gasteiger partial charge is 0.127 e. The third kappa shape index (κ3) is 5.35. The predicted molar refractivity (Wildman–Crippen MR) is 128 cm³/mol. The molecule has 0 amide bonds. The van der Waals surface area contributed by atoms with Crippen LogP contribution in [0.5, 0.6) is 23.0 Å². The lowest BCUT2D eigenvalue weighted by atomic mass is 9.87. The van der Waals surface area contributed by atoms with Crippen molar-refractivity contribution in [3.8, 4) is 34.1 Å². The summed E-state index contributed by atoms with van der Waals surface area (Å²) in [5.41, 5.74) is 4.93. The zero-order valence-electron chi connectivity index (χ0n) is 18.6. The molecular weight excluding hydrogens is 380 g/mol. The molecule has 0 aliphatic heterocycles. The number of rotatable bonds is 5. The van der Waals surface area contributed by atoms with Gasteiger partial charge in [-0.25, -0.2) is 0 Å². The molecule has 0 saturated heterocycles. The molecule has 4 rings (SSSR count). The summed E-state index contributed by atoms with van der Waals surface area (Å²) in [5, 5.41) is 0. The Bertz CT molecular complexity index is 1120. The summed E-state index contributed by atoms with van der Waals surface area (Å²) in [4.78, 5) is 0. The third-order valence-corrected chi connectivity index (χ3v) is 5.25. The van der Waals surface area contributed by atoms with Crippen LogP contribution in [0.4, 0.5) is 0 Å². The fourth-order valence-electron chi connectivity index (χ4n) is 3.33. The zero-order chi connectivity index (χ0) is 21.8. The Balaban J connectivity index is 1.41. The highest BCUT2D eigenvalue weighted by Crippen LogP contribution is 2.30. The standard InChI is InChI=1S/C29H28O2/c1-21-5-13-25(14-6-21)30-26-15-7-22(8-16-26)23-9-17-27(18-10-23)31-28-19-11-24(12-20-28)29(2,3)4/h5-20H,1-4H3. The highest BCUT2D eigenvalue weighted by atomic mass is 16.5. The molecule has 0 atom stereocenters. The van der Waals surface area contributed by atoms with Crippen molar-refractivity contribution in [1.82, 2.24) is 0 Å². The minimum atomic E-state index is 0.140. The highest BCUT2D eigenvalue weighted by Gasteiger charge is 2.13. The lowest BCUT2D eigenvalue weighted by Crippen LogP contribution is -2.10. The van der Waals surface area contributed by atoms with E-state index in [2.05, 4.69) is 64.1 Å². The van der Waals surface area contributed by atoms with Crippen molar-refractivity contribution in [2.75, 3.05) is 0 Å². The third-order valence-electron chi connectivity index (χ3n) is 5.25. The summed E-state index contributed by atoms with van der Waals surface area (Å²) in [6.07, 6.45) is 0. The van der Waals surface area contributed by atoms with Gasteiger partial charge in [0.15, 0.2) is 0 Å². The Morgan fingerprint density at radius 2 is 0.774 bits per heavy atom. The normalized spacial score (nSPS) is 11.2. The monoisotopic (exact) mass is 408 g/mol. The molecule has 0 unspecified atom stereocenters. The molecule has 0 bridgehead atoms. The SMILES string of the molecule is Cc1ccc(Oc2ccc(-c3ccc(Oc4ccc(C(C)(C)C)cc4)cc3)cc2)cc1. The van der Waals surface area contributed by atoms with E-state index in [0.717, 1.165) is 34.1 Å². The first kappa shape index (κ1) is 20.7. The van der Waals surface area contributed by atoms with Gasteiger partial charge in [-0.05, 0) is 77.6 Å². The molecule has 0 N–H and O–H groups in total. The predicted octanol–water partition coefficient (Wildman–Crippen LogP) is 8.54. The van der Waals surface area contributed by atoms with Crippen molar-refractivity contribution in [2.45, 2.75) is 33.1 Å². The van der Waals surface area contributed by atoms with E-state index in [1.807, 2.05) is 60.7 Å². The van der Waals surface area contributed by atoms with Gasteiger partial charge in [-0.15, -0.1) is 0 Å². The van der Waals surface area contributed by atoms with E-state index in [0.29, 0.717) is 0 Å². The molecule has 4 aromatic carbocycles. The van der Waals surface area contributed by atoms with Crippen LogP contribution in [0.1, 0.15) is 31.9 Å². The number of ether oxygens (including phenoxy) is 2. The summed E-state index contributed by atoms with van der Waals surface area (Å²) in [5.74, 6) is 3.34. The fraction of sp³-hybridized carbons (Fsp3) is 0.172. The van der Waals surface area contributed by atoms with Crippen molar-refractivity contribution in [2.24, 2.45) is 0 Å². The number of aryl methyl sites for hydroxylation is 1. The molecule has 0 fully saturated rings. The van der Waals surface area contributed by atoms with Crippen LogP contribution in [-0.4, -0.2) is 0 Å². The van der Waals surface area contributed by atoms with Crippen LogP contribution >= 0.6 is 0 Å². The number of hydrogen-bond donors (Lipinski definition) is 0. The summed E-state index contributed by atoms with van der Waals surface area (Å²) in [7, 11) is 0. The second kappa shape index (κ2) is 8.69. The van der Waals surface area contributed by atoms with Gasteiger partial charge in [-0.3, -0.25) is 0 Å². The van der Waals surface area contributed by atoms with Crippen molar-refractivity contribution < 1.29 is 9.47 Å². The average molecular weight is 409 g/mol. The van der Waals surface area contributed by atoms with Crippen molar-refractivity contribution in [3.05, 3.63) is 108 Å². The minimum absolute atomic E-state index is 0.140. The van der Waals surface area contributed by atoms with Crippen molar-refractivity contribution in [1.29, 1.82) is 0 Å². The van der Waals surface area contributed by atoms with Crippen LogP contribution in [0.25, 0.3) is 11.1 Å². The quantitative estimate of drug-likeness (QED) is 0.329. The average Bonchev–Trinajstić information content (AvgIpc) is 2.76. The minimum Gasteiger partial charge on any atom is -0.457 e. The van der Waals surface area contributed by atoms with E-state index in [4.69, 9.17) is 9.47 Å².